The van der Waals surface area contributed by atoms with Crippen LogP contribution in [0.5, 0.6) is 0 Å². The molecule has 298 valence electrons. The predicted octanol–water partition coefficient (Wildman–Crippen LogP) is 12.5. The zero-order valence-electron chi connectivity index (χ0n) is 36.3. The van der Waals surface area contributed by atoms with Crippen molar-refractivity contribution in [3.63, 3.8) is 0 Å². The summed E-state index contributed by atoms with van der Waals surface area (Å²) in [4.78, 5) is 12.8. The summed E-state index contributed by atoms with van der Waals surface area (Å²) in [6.45, 7) is 39.0. The number of esters is 1. The van der Waals surface area contributed by atoms with Crippen LogP contribution >= 0.6 is 0 Å². The molecule has 0 spiro atoms. The topological polar surface area (TPSA) is 65.0 Å². The Labute approximate surface area is 322 Å². The standard InChI is InChI=1S/C45H80O5Si2/c1-17-18-19-29-48-41(47)44(10,11)40(46)27-22-32(2)37-25-26-38-34(21-20-28-45(37,38)12)23-24-35-30-36(49-51(13,14)42(4,5)6)31-39(33(35)3)50-52(15,16)43(7,8)9/h22-24,27,32,36-40,46H,3,17-21,25-26,28-31H2,1-2,4-16H3/t32-,36-,37-,38+,39+,40-,45-/m1/s1. The van der Waals surface area contributed by atoms with E-state index in [9.17, 15) is 9.90 Å². The number of fused-ring (bicyclic) bond motifs is 1. The Hall–Kier alpha value is -1.26. The number of unbranched alkanes of at least 4 members (excludes halogenated alkanes) is 2. The molecule has 3 aliphatic carbocycles. The average molecular weight is 757 g/mol. The van der Waals surface area contributed by atoms with Gasteiger partial charge in [0.15, 0.2) is 16.6 Å². The van der Waals surface area contributed by atoms with E-state index < -0.39 is 28.2 Å². The van der Waals surface area contributed by atoms with Gasteiger partial charge in [0.1, 0.15) is 0 Å². The van der Waals surface area contributed by atoms with Crippen molar-refractivity contribution in [2.75, 3.05) is 6.61 Å². The first-order valence-electron chi connectivity index (χ1n) is 20.8. The van der Waals surface area contributed by atoms with Gasteiger partial charge < -0.3 is 18.7 Å². The fraction of sp³-hybridized carbons (Fsp3) is 0.800. The highest BCUT2D eigenvalue weighted by Gasteiger charge is 2.51. The second-order valence-corrected chi connectivity index (χ2v) is 30.1. The van der Waals surface area contributed by atoms with Gasteiger partial charge in [-0.25, -0.2) is 0 Å². The molecule has 0 bridgehead atoms. The van der Waals surface area contributed by atoms with E-state index in [-0.39, 0.29) is 33.7 Å². The molecule has 0 amide bonds. The minimum atomic E-state index is -2.02. The van der Waals surface area contributed by atoms with Gasteiger partial charge >= 0.3 is 5.97 Å². The second kappa shape index (κ2) is 17.3. The van der Waals surface area contributed by atoms with Crippen LogP contribution in [0.3, 0.4) is 0 Å². The van der Waals surface area contributed by atoms with Crippen LogP contribution in [-0.2, 0) is 18.4 Å². The minimum Gasteiger partial charge on any atom is -0.465 e. The van der Waals surface area contributed by atoms with Crippen molar-refractivity contribution in [2.45, 2.75) is 195 Å². The summed E-state index contributed by atoms with van der Waals surface area (Å²) in [5.74, 6) is 1.05. The second-order valence-electron chi connectivity index (χ2n) is 20.6. The molecule has 0 radical (unpaired) electrons. The summed E-state index contributed by atoms with van der Waals surface area (Å²) < 4.78 is 19.7. The maximum absolute atomic E-state index is 12.8. The first-order valence-corrected chi connectivity index (χ1v) is 26.6. The highest BCUT2D eigenvalue weighted by atomic mass is 28.4. The molecule has 7 atom stereocenters. The van der Waals surface area contributed by atoms with E-state index in [0.29, 0.717) is 24.4 Å². The van der Waals surface area contributed by atoms with E-state index in [1.807, 2.05) is 6.08 Å². The van der Waals surface area contributed by atoms with E-state index in [2.05, 4.69) is 113 Å². The third kappa shape index (κ3) is 10.5. The molecule has 3 saturated carbocycles. The Bertz CT molecular complexity index is 1330. The molecule has 0 aliphatic heterocycles. The first-order chi connectivity index (χ1) is 23.8. The third-order valence-corrected chi connectivity index (χ3v) is 23.3. The average Bonchev–Trinajstić information content (AvgIpc) is 3.38. The number of hydrogen-bond donors (Lipinski definition) is 1. The van der Waals surface area contributed by atoms with Crippen LogP contribution in [0, 0.1) is 28.6 Å². The molecular weight excluding hydrogens is 677 g/mol. The molecule has 1 N–H and O–H groups in total. The summed E-state index contributed by atoms with van der Waals surface area (Å²) in [5, 5.41) is 11.4. The Morgan fingerprint density at radius 2 is 1.58 bits per heavy atom. The van der Waals surface area contributed by atoms with Crippen molar-refractivity contribution in [1.82, 2.24) is 0 Å². The molecule has 0 aromatic heterocycles. The summed E-state index contributed by atoms with van der Waals surface area (Å²) in [6.07, 6.45) is 18.8. The van der Waals surface area contributed by atoms with Gasteiger partial charge in [-0.2, -0.15) is 0 Å². The molecule has 52 heavy (non-hydrogen) atoms. The van der Waals surface area contributed by atoms with Crippen molar-refractivity contribution in [2.24, 2.45) is 28.6 Å². The van der Waals surface area contributed by atoms with Gasteiger partial charge in [0, 0.05) is 6.42 Å². The van der Waals surface area contributed by atoms with Crippen molar-refractivity contribution in [3.8, 4) is 0 Å². The number of rotatable bonds is 14. The molecule has 3 rings (SSSR count). The zero-order chi connectivity index (χ0) is 39.5. The quantitative estimate of drug-likeness (QED) is 0.0827. The zero-order valence-corrected chi connectivity index (χ0v) is 38.3. The van der Waals surface area contributed by atoms with E-state index in [1.54, 1.807) is 19.4 Å². The lowest BCUT2D eigenvalue weighted by Crippen LogP contribution is -2.49. The van der Waals surface area contributed by atoms with Gasteiger partial charge in [-0.05, 0) is 129 Å². The number of carbonyl (C=O) groups excluding carboxylic acids is 1. The first kappa shape index (κ1) is 45.1. The molecule has 3 aliphatic rings. The fourth-order valence-electron chi connectivity index (χ4n) is 8.39. The van der Waals surface area contributed by atoms with Gasteiger partial charge in [0.2, 0.25) is 0 Å². The minimum absolute atomic E-state index is 0.0163. The van der Waals surface area contributed by atoms with Crippen LogP contribution in [-0.4, -0.2) is 52.6 Å². The summed E-state index contributed by atoms with van der Waals surface area (Å²) in [5.41, 5.74) is 3.24. The predicted molar refractivity (Wildman–Crippen MR) is 225 cm³/mol. The van der Waals surface area contributed by atoms with Gasteiger partial charge in [-0.3, -0.25) is 4.79 Å². The molecule has 3 fully saturated rings. The SMILES string of the molecule is C=C1C(=CC=C2CCC[C@]3(C)[C@@H]([C@H](C)C=C[C@@H](O)C(C)(C)C(=O)OCCCCC)CC[C@@H]23)C[C@@H](O[Si](C)(C)C(C)(C)C)C[C@@H]1O[Si](C)(C)C(C)(C)C. The maximum atomic E-state index is 12.8. The van der Waals surface area contributed by atoms with Crippen molar-refractivity contribution in [1.29, 1.82) is 0 Å². The van der Waals surface area contributed by atoms with Crippen molar-refractivity contribution < 1.29 is 23.5 Å². The Balaban J connectivity index is 1.82. The number of carbonyl (C=O) groups is 1. The number of aliphatic hydroxyl groups is 1. The van der Waals surface area contributed by atoms with Gasteiger partial charge in [-0.1, -0.05) is 112 Å². The van der Waals surface area contributed by atoms with Gasteiger partial charge in [0.25, 0.3) is 0 Å². The number of allylic oxidation sites excluding steroid dienone is 4. The summed E-state index contributed by atoms with van der Waals surface area (Å²) in [6, 6.07) is 0. The Kier molecular flexibility index (Phi) is 15.0. The molecule has 0 aromatic rings. The lowest BCUT2D eigenvalue weighted by Gasteiger charge is -2.45. The Morgan fingerprint density at radius 3 is 2.17 bits per heavy atom. The monoisotopic (exact) mass is 757 g/mol. The molecule has 0 unspecified atom stereocenters. The number of hydrogen-bond acceptors (Lipinski definition) is 5. The van der Waals surface area contributed by atoms with Crippen molar-refractivity contribution in [3.05, 3.63) is 47.6 Å². The van der Waals surface area contributed by atoms with Crippen LogP contribution in [0.2, 0.25) is 36.3 Å². The highest BCUT2D eigenvalue weighted by Crippen LogP contribution is 2.59. The number of ether oxygens (including phenoxy) is 1. The lowest BCUT2D eigenvalue weighted by atomic mass is 9.61. The summed E-state index contributed by atoms with van der Waals surface area (Å²) in [7, 11) is -3.99. The van der Waals surface area contributed by atoms with Gasteiger partial charge in [-0.15, -0.1) is 0 Å². The van der Waals surface area contributed by atoms with E-state index in [0.717, 1.165) is 44.1 Å². The van der Waals surface area contributed by atoms with Gasteiger partial charge in [0.05, 0.1) is 30.3 Å². The van der Waals surface area contributed by atoms with Crippen molar-refractivity contribution >= 4 is 22.6 Å². The molecule has 0 heterocycles. The van der Waals surface area contributed by atoms with E-state index in [4.69, 9.17) is 13.6 Å². The molecule has 5 nitrogen and oxygen atoms in total. The smallest absolute Gasteiger partial charge is 0.314 e. The Morgan fingerprint density at radius 1 is 0.962 bits per heavy atom. The third-order valence-electron chi connectivity index (χ3n) is 14.3. The van der Waals surface area contributed by atoms with Crippen LogP contribution in [0.15, 0.2) is 47.6 Å². The molecule has 0 saturated heterocycles. The molecule has 7 heteroatoms. The van der Waals surface area contributed by atoms with Crippen LogP contribution in [0.4, 0.5) is 0 Å². The largest absolute Gasteiger partial charge is 0.465 e. The molecular formula is C45H80O5Si2. The number of aliphatic hydroxyl groups excluding tert-OH is 1. The fourth-order valence-corrected chi connectivity index (χ4v) is 11.1. The van der Waals surface area contributed by atoms with Crippen LogP contribution in [0.1, 0.15) is 140 Å². The maximum Gasteiger partial charge on any atom is 0.314 e. The highest BCUT2D eigenvalue weighted by molar-refractivity contribution is 6.74. The lowest BCUT2D eigenvalue weighted by molar-refractivity contribution is -0.158. The van der Waals surface area contributed by atoms with Crippen LogP contribution in [0.25, 0.3) is 0 Å². The molecule has 0 aromatic carbocycles. The normalized spacial score (nSPS) is 29.5. The summed E-state index contributed by atoms with van der Waals surface area (Å²) >= 11 is 0. The van der Waals surface area contributed by atoms with E-state index >= 15 is 0 Å². The van der Waals surface area contributed by atoms with E-state index in [1.165, 1.54) is 31.3 Å². The van der Waals surface area contributed by atoms with Crippen LogP contribution < -0.4 is 0 Å².